The van der Waals surface area contributed by atoms with E-state index in [9.17, 15) is 14.4 Å². The smallest absolute Gasteiger partial charge is 0.340 e. The Balaban J connectivity index is 1.50. The molecular formula is C26H26N2O5. The molecule has 170 valence electrons. The highest BCUT2D eigenvalue weighted by atomic mass is 16.5. The molecule has 0 saturated carbocycles. The first-order chi connectivity index (χ1) is 16.0. The Hall–Kier alpha value is -4.13. The van der Waals surface area contributed by atoms with Crippen LogP contribution in [0, 0.1) is 6.92 Å². The molecule has 0 unspecified atom stereocenters. The number of rotatable bonds is 9. The van der Waals surface area contributed by atoms with Gasteiger partial charge in [-0.2, -0.15) is 0 Å². The van der Waals surface area contributed by atoms with E-state index < -0.39 is 18.5 Å². The summed E-state index contributed by atoms with van der Waals surface area (Å²) in [4.78, 5) is 37.1. The summed E-state index contributed by atoms with van der Waals surface area (Å²) in [5.41, 5.74) is 2.97. The molecule has 7 nitrogen and oxygen atoms in total. The van der Waals surface area contributed by atoms with E-state index in [1.54, 1.807) is 43.5 Å². The lowest BCUT2D eigenvalue weighted by atomic mass is 10.1. The predicted octanol–water partition coefficient (Wildman–Crippen LogP) is 3.77. The molecule has 2 N–H and O–H groups in total. The Morgan fingerprint density at radius 3 is 2.39 bits per heavy atom. The minimum Gasteiger partial charge on any atom is -0.497 e. The number of hydrogen-bond donors (Lipinski definition) is 2. The zero-order valence-electron chi connectivity index (χ0n) is 18.6. The highest BCUT2D eigenvalue weighted by Gasteiger charge is 2.16. The second-order valence-corrected chi connectivity index (χ2v) is 7.39. The fourth-order valence-electron chi connectivity index (χ4n) is 3.15. The van der Waals surface area contributed by atoms with Gasteiger partial charge in [-0.05, 0) is 55.3 Å². The summed E-state index contributed by atoms with van der Waals surface area (Å²) in [6.07, 6.45) is 0.636. The van der Waals surface area contributed by atoms with Crippen molar-refractivity contribution < 1.29 is 23.9 Å². The number of carbonyl (C=O) groups is 3. The highest BCUT2D eigenvalue weighted by molar-refractivity contribution is 6.08. The first-order valence-corrected chi connectivity index (χ1v) is 10.5. The number of anilines is 1. The molecule has 0 radical (unpaired) electrons. The predicted molar refractivity (Wildman–Crippen MR) is 126 cm³/mol. The third kappa shape index (κ3) is 6.93. The normalized spacial score (nSPS) is 10.2. The number of methoxy groups -OCH3 is 1. The van der Waals surface area contributed by atoms with Crippen molar-refractivity contribution in [2.24, 2.45) is 0 Å². The van der Waals surface area contributed by atoms with Gasteiger partial charge >= 0.3 is 5.97 Å². The summed E-state index contributed by atoms with van der Waals surface area (Å²) in [7, 11) is 1.60. The van der Waals surface area contributed by atoms with Crippen LogP contribution in [0.15, 0.2) is 72.8 Å². The van der Waals surface area contributed by atoms with E-state index >= 15 is 0 Å². The molecule has 3 rings (SSSR count). The van der Waals surface area contributed by atoms with Crippen LogP contribution in [0.4, 0.5) is 5.69 Å². The highest BCUT2D eigenvalue weighted by Crippen LogP contribution is 2.18. The first kappa shape index (κ1) is 23.5. The molecule has 0 saturated heterocycles. The maximum atomic E-state index is 12.5. The maximum Gasteiger partial charge on any atom is 0.340 e. The van der Waals surface area contributed by atoms with Crippen LogP contribution in [-0.2, 0) is 16.0 Å². The van der Waals surface area contributed by atoms with Crippen LogP contribution < -0.4 is 15.4 Å². The van der Waals surface area contributed by atoms with Crippen LogP contribution in [0.5, 0.6) is 5.75 Å². The van der Waals surface area contributed by atoms with E-state index in [2.05, 4.69) is 10.6 Å². The van der Waals surface area contributed by atoms with Gasteiger partial charge in [-0.15, -0.1) is 0 Å². The topological polar surface area (TPSA) is 93.7 Å². The van der Waals surface area contributed by atoms with Gasteiger partial charge in [-0.3, -0.25) is 9.59 Å². The Kier molecular flexibility index (Phi) is 8.18. The SMILES string of the molecule is COc1ccc(CCNC(=O)COC(=O)c2ccccc2NC(=O)c2cccc(C)c2)cc1. The molecular weight excluding hydrogens is 420 g/mol. The van der Waals surface area contributed by atoms with Crippen LogP contribution in [0.2, 0.25) is 0 Å². The van der Waals surface area contributed by atoms with Gasteiger partial charge in [0, 0.05) is 12.1 Å². The van der Waals surface area contributed by atoms with Crippen molar-refractivity contribution >= 4 is 23.5 Å². The van der Waals surface area contributed by atoms with Gasteiger partial charge < -0.3 is 20.1 Å². The summed E-state index contributed by atoms with van der Waals surface area (Å²) in [6.45, 7) is 1.89. The molecule has 2 amide bonds. The minimum absolute atomic E-state index is 0.171. The molecule has 0 fully saturated rings. The van der Waals surface area contributed by atoms with E-state index in [1.165, 1.54) is 6.07 Å². The molecule has 0 atom stereocenters. The Bertz CT molecular complexity index is 1130. The number of benzene rings is 3. The third-order valence-corrected chi connectivity index (χ3v) is 4.90. The van der Waals surface area contributed by atoms with Gasteiger partial charge in [0.25, 0.3) is 11.8 Å². The zero-order chi connectivity index (χ0) is 23.6. The number of para-hydroxylation sites is 1. The van der Waals surface area contributed by atoms with Crippen LogP contribution in [0.25, 0.3) is 0 Å². The van der Waals surface area contributed by atoms with E-state index in [1.807, 2.05) is 37.3 Å². The lowest BCUT2D eigenvalue weighted by molar-refractivity contribution is -0.124. The number of nitrogens with one attached hydrogen (secondary N) is 2. The van der Waals surface area contributed by atoms with Crippen LogP contribution >= 0.6 is 0 Å². The quantitative estimate of drug-likeness (QED) is 0.488. The molecule has 0 aromatic heterocycles. The molecule has 0 spiro atoms. The molecule has 7 heteroatoms. The maximum absolute atomic E-state index is 12.5. The summed E-state index contributed by atoms with van der Waals surface area (Å²) in [5, 5.41) is 5.46. The van der Waals surface area contributed by atoms with Crippen LogP contribution in [0.1, 0.15) is 31.8 Å². The van der Waals surface area contributed by atoms with E-state index in [0.717, 1.165) is 16.9 Å². The summed E-state index contributed by atoms with van der Waals surface area (Å²) < 4.78 is 10.3. The average Bonchev–Trinajstić information content (AvgIpc) is 2.83. The van der Waals surface area contributed by atoms with E-state index in [4.69, 9.17) is 9.47 Å². The van der Waals surface area contributed by atoms with Gasteiger partial charge in [0.2, 0.25) is 0 Å². The van der Waals surface area contributed by atoms with Crippen LogP contribution in [-0.4, -0.2) is 38.0 Å². The number of aryl methyl sites for hydroxylation is 1. The Labute approximate surface area is 192 Å². The standard InChI is InChI=1S/C26H26N2O5/c1-18-6-5-7-20(16-18)25(30)28-23-9-4-3-8-22(23)26(31)33-17-24(29)27-15-14-19-10-12-21(32-2)13-11-19/h3-13,16H,14-15,17H2,1-2H3,(H,27,29)(H,28,30). The van der Waals surface area contributed by atoms with Crippen molar-refractivity contribution in [3.05, 3.63) is 95.1 Å². The molecule has 0 aliphatic heterocycles. The number of amides is 2. The Morgan fingerprint density at radius 1 is 0.909 bits per heavy atom. The third-order valence-electron chi connectivity index (χ3n) is 4.90. The van der Waals surface area contributed by atoms with Crippen LogP contribution in [0.3, 0.4) is 0 Å². The average molecular weight is 447 g/mol. The monoisotopic (exact) mass is 446 g/mol. The molecule has 3 aromatic rings. The van der Waals surface area contributed by atoms with Crippen molar-refractivity contribution in [1.29, 1.82) is 0 Å². The molecule has 0 aliphatic carbocycles. The molecule has 0 heterocycles. The van der Waals surface area contributed by atoms with Gasteiger partial charge in [0.1, 0.15) is 5.75 Å². The number of hydrogen-bond acceptors (Lipinski definition) is 5. The summed E-state index contributed by atoms with van der Waals surface area (Å²) >= 11 is 0. The minimum atomic E-state index is -0.694. The molecule has 0 aliphatic rings. The van der Waals surface area contributed by atoms with E-state index in [0.29, 0.717) is 24.2 Å². The van der Waals surface area contributed by atoms with Gasteiger partial charge in [0.15, 0.2) is 6.61 Å². The van der Waals surface area contributed by atoms with Gasteiger partial charge in [-0.1, -0.05) is 42.0 Å². The molecule has 33 heavy (non-hydrogen) atoms. The number of ether oxygens (including phenoxy) is 2. The van der Waals surface area contributed by atoms with Crippen molar-refractivity contribution in [1.82, 2.24) is 5.32 Å². The summed E-state index contributed by atoms with van der Waals surface area (Å²) in [6, 6.07) is 21.2. The fraction of sp³-hybridized carbons (Fsp3) is 0.192. The largest absolute Gasteiger partial charge is 0.497 e. The van der Waals surface area contributed by atoms with Gasteiger partial charge in [0.05, 0.1) is 18.4 Å². The number of esters is 1. The second-order valence-electron chi connectivity index (χ2n) is 7.39. The Morgan fingerprint density at radius 2 is 1.67 bits per heavy atom. The second kappa shape index (κ2) is 11.5. The summed E-state index contributed by atoms with van der Waals surface area (Å²) in [5.74, 6) is -0.668. The fourth-order valence-corrected chi connectivity index (χ4v) is 3.15. The van der Waals surface area contributed by atoms with E-state index in [-0.39, 0.29) is 11.5 Å². The molecule has 3 aromatic carbocycles. The molecule has 0 bridgehead atoms. The number of carbonyl (C=O) groups excluding carboxylic acids is 3. The lowest BCUT2D eigenvalue weighted by Gasteiger charge is -2.11. The van der Waals surface area contributed by atoms with Crippen molar-refractivity contribution in [2.75, 3.05) is 25.6 Å². The van der Waals surface area contributed by atoms with Gasteiger partial charge in [-0.25, -0.2) is 4.79 Å². The van der Waals surface area contributed by atoms with Crippen molar-refractivity contribution in [3.8, 4) is 5.75 Å². The zero-order valence-corrected chi connectivity index (χ0v) is 18.6. The van der Waals surface area contributed by atoms with Crippen molar-refractivity contribution in [2.45, 2.75) is 13.3 Å². The lowest BCUT2D eigenvalue weighted by Crippen LogP contribution is -2.30. The first-order valence-electron chi connectivity index (χ1n) is 10.5. The van der Waals surface area contributed by atoms with Crippen molar-refractivity contribution in [3.63, 3.8) is 0 Å².